The fourth-order valence-corrected chi connectivity index (χ4v) is 4.78. The number of benzene rings is 1. The first-order valence-electron chi connectivity index (χ1n) is 9.62. The van der Waals surface area contributed by atoms with Gasteiger partial charge in [-0.25, -0.2) is 0 Å². The highest BCUT2D eigenvalue weighted by Crippen LogP contribution is 2.51. The Morgan fingerprint density at radius 1 is 1.31 bits per heavy atom. The summed E-state index contributed by atoms with van der Waals surface area (Å²) in [4.78, 5) is 16.0. The lowest BCUT2D eigenvalue weighted by Gasteiger charge is -2.46. The summed E-state index contributed by atoms with van der Waals surface area (Å²) in [7, 11) is 1.97. The number of pyridine rings is 1. The molecule has 0 saturated heterocycles. The van der Waals surface area contributed by atoms with E-state index in [1.165, 1.54) is 0 Å². The zero-order valence-corrected chi connectivity index (χ0v) is 16.3. The van der Waals surface area contributed by atoms with Crippen molar-refractivity contribution in [3.63, 3.8) is 0 Å². The molecule has 0 atom stereocenters. The van der Waals surface area contributed by atoms with Gasteiger partial charge in [-0.2, -0.15) is 5.26 Å². The number of nitrogens with zero attached hydrogens (tertiary/aromatic N) is 5. The first-order chi connectivity index (χ1) is 14.0. The van der Waals surface area contributed by atoms with Crippen LogP contribution in [-0.2, 0) is 12.5 Å². The molecule has 4 aromatic rings. The molecule has 0 aliphatic heterocycles. The highest BCUT2D eigenvalue weighted by molar-refractivity contribution is 5.84. The minimum atomic E-state index is -0.209. The van der Waals surface area contributed by atoms with Crippen LogP contribution >= 0.6 is 0 Å². The minimum absolute atomic E-state index is 0.171. The summed E-state index contributed by atoms with van der Waals surface area (Å²) in [5, 5.41) is 18.7. The van der Waals surface area contributed by atoms with Crippen molar-refractivity contribution >= 4 is 10.9 Å². The van der Waals surface area contributed by atoms with Crippen molar-refractivity contribution in [3.8, 4) is 11.8 Å². The van der Waals surface area contributed by atoms with Gasteiger partial charge in [-0.15, -0.1) is 10.2 Å². The molecule has 3 heterocycles. The van der Waals surface area contributed by atoms with Crippen LogP contribution in [-0.4, -0.2) is 24.3 Å². The Kier molecular flexibility index (Phi) is 3.71. The summed E-state index contributed by atoms with van der Waals surface area (Å²) >= 11 is 0. The first kappa shape index (κ1) is 17.4. The van der Waals surface area contributed by atoms with E-state index in [1.807, 2.05) is 29.8 Å². The zero-order chi connectivity index (χ0) is 20.2. The maximum atomic E-state index is 13.0. The van der Waals surface area contributed by atoms with Crippen molar-refractivity contribution in [3.05, 3.63) is 76.4 Å². The molecule has 1 N–H and O–H groups in total. The summed E-state index contributed by atoms with van der Waals surface area (Å²) in [6.45, 7) is 2.24. The molecule has 0 bridgehead atoms. The molecule has 1 fully saturated rings. The molecule has 1 aliphatic carbocycles. The van der Waals surface area contributed by atoms with Crippen LogP contribution in [0.25, 0.3) is 16.6 Å². The fraction of sp³-hybridized carbons (Fsp3) is 0.273. The molecular weight excluding hydrogens is 364 g/mol. The van der Waals surface area contributed by atoms with Crippen LogP contribution < -0.4 is 5.56 Å². The zero-order valence-electron chi connectivity index (χ0n) is 16.3. The Morgan fingerprint density at radius 3 is 2.83 bits per heavy atom. The summed E-state index contributed by atoms with van der Waals surface area (Å²) in [6.07, 6.45) is 7.00. The molecule has 7 heteroatoms. The van der Waals surface area contributed by atoms with Crippen molar-refractivity contribution in [2.24, 2.45) is 13.0 Å². The van der Waals surface area contributed by atoms with Gasteiger partial charge >= 0.3 is 0 Å². The second-order valence-electron chi connectivity index (χ2n) is 8.01. The highest BCUT2D eigenvalue weighted by atomic mass is 16.1. The number of aromatic nitrogens is 5. The molecule has 5 rings (SSSR count). The minimum Gasteiger partial charge on any atom is -0.357 e. The molecular formula is C22H20N6O. The maximum Gasteiger partial charge on any atom is 0.279 e. The predicted octanol–water partition coefficient (Wildman–Crippen LogP) is 3.03. The topological polar surface area (TPSA) is 92.3 Å². The lowest BCUT2D eigenvalue weighted by molar-refractivity contribution is 0.185. The number of nitrogens with one attached hydrogen (secondary N) is 1. The van der Waals surface area contributed by atoms with Gasteiger partial charge in [-0.3, -0.25) is 9.36 Å². The number of H-pyrrole nitrogens is 1. The van der Waals surface area contributed by atoms with E-state index in [4.69, 9.17) is 0 Å². The van der Waals surface area contributed by atoms with Gasteiger partial charge in [-0.1, -0.05) is 19.1 Å². The molecule has 7 nitrogen and oxygen atoms in total. The van der Waals surface area contributed by atoms with E-state index in [9.17, 15) is 10.1 Å². The van der Waals surface area contributed by atoms with Crippen LogP contribution in [0.1, 0.15) is 36.7 Å². The Labute approximate surface area is 167 Å². The number of nitriles is 1. The quantitative estimate of drug-likeness (QED) is 0.588. The standard InChI is InChI=1S/C22H20N6O/c1-14-9-22(10-14,21-26-25-13-27(21)2)16-4-3-5-17(8-16)28-12-15(11-23)18-6-7-24-19(18)20(28)29/h3-8,12-14,24H,9-10H2,1-2H3/t14-,22+. The van der Waals surface area contributed by atoms with Crippen LogP contribution in [0.3, 0.4) is 0 Å². The molecule has 0 radical (unpaired) electrons. The normalized spacial score (nSPS) is 21.1. The van der Waals surface area contributed by atoms with E-state index in [1.54, 1.807) is 29.4 Å². The molecule has 1 saturated carbocycles. The second-order valence-corrected chi connectivity index (χ2v) is 8.01. The third-order valence-corrected chi connectivity index (χ3v) is 6.06. The molecule has 1 aliphatic rings. The lowest BCUT2D eigenvalue weighted by Crippen LogP contribution is -2.43. The molecule has 144 valence electrons. The number of hydrogen-bond donors (Lipinski definition) is 1. The van der Waals surface area contributed by atoms with Gasteiger partial charge in [0.15, 0.2) is 0 Å². The third kappa shape index (κ3) is 2.46. The van der Waals surface area contributed by atoms with Gasteiger partial charge in [-0.05, 0) is 42.5 Å². The van der Waals surface area contributed by atoms with E-state index in [0.717, 1.165) is 29.9 Å². The summed E-state index contributed by atoms with van der Waals surface area (Å²) in [5.74, 6) is 1.54. The average molecular weight is 384 g/mol. The molecule has 29 heavy (non-hydrogen) atoms. The monoisotopic (exact) mass is 384 g/mol. The molecule has 0 amide bonds. The fourth-order valence-electron chi connectivity index (χ4n) is 4.78. The van der Waals surface area contributed by atoms with E-state index in [-0.39, 0.29) is 11.0 Å². The van der Waals surface area contributed by atoms with Crippen molar-refractivity contribution in [1.82, 2.24) is 24.3 Å². The Bertz CT molecular complexity index is 1330. The third-order valence-electron chi connectivity index (χ3n) is 6.06. The van der Waals surface area contributed by atoms with E-state index in [0.29, 0.717) is 22.4 Å². The summed E-state index contributed by atoms with van der Waals surface area (Å²) in [6, 6.07) is 11.9. The van der Waals surface area contributed by atoms with Gasteiger partial charge in [0.1, 0.15) is 23.7 Å². The number of aryl methyl sites for hydroxylation is 1. The van der Waals surface area contributed by atoms with Gasteiger partial charge in [0, 0.05) is 30.5 Å². The van der Waals surface area contributed by atoms with E-state index in [2.05, 4.69) is 34.2 Å². The van der Waals surface area contributed by atoms with Crippen LogP contribution in [0.15, 0.2) is 53.8 Å². The van der Waals surface area contributed by atoms with Crippen LogP contribution in [0.2, 0.25) is 0 Å². The van der Waals surface area contributed by atoms with Gasteiger partial charge < -0.3 is 9.55 Å². The highest BCUT2D eigenvalue weighted by Gasteiger charge is 2.48. The second kappa shape index (κ2) is 6.17. The molecule has 1 aromatic carbocycles. The Hall–Kier alpha value is -3.66. The largest absolute Gasteiger partial charge is 0.357 e. The maximum absolute atomic E-state index is 13.0. The Morgan fingerprint density at radius 2 is 2.14 bits per heavy atom. The van der Waals surface area contributed by atoms with E-state index < -0.39 is 0 Å². The first-order valence-corrected chi connectivity index (χ1v) is 9.62. The number of aromatic amines is 1. The van der Waals surface area contributed by atoms with Gasteiger partial charge in [0.05, 0.1) is 11.0 Å². The number of rotatable bonds is 3. The number of fused-ring (bicyclic) bond motifs is 1. The Balaban J connectivity index is 1.69. The van der Waals surface area contributed by atoms with Crippen LogP contribution in [0, 0.1) is 17.2 Å². The number of hydrogen-bond acceptors (Lipinski definition) is 4. The average Bonchev–Trinajstić information content (AvgIpc) is 3.36. The molecule has 0 spiro atoms. The SMILES string of the molecule is Cn1cnnc1[C@]1(c2cccc(-n3cc(C#N)c4cc[nH]c4c3=O)c2)C[C@H](C)C1. The van der Waals surface area contributed by atoms with Gasteiger partial charge in [0.2, 0.25) is 0 Å². The summed E-state index contributed by atoms with van der Waals surface area (Å²) in [5.41, 5.74) is 2.37. The van der Waals surface area contributed by atoms with Crippen LogP contribution in [0.4, 0.5) is 0 Å². The van der Waals surface area contributed by atoms with Gasteiger partial charge in [0.25, 0.3) is 5.56 Å². The molecule has 0 unspecified atom stereocenters. The molecule has 3 aromatic heterocycles. The summed E-state index contributed by atoms with van der Waals surface area (Å²) < 4.78 is 3.52. The van der Waals surface area contributed by atoms with Crippen molar-refractivity contribution < 1.29 is 0 Å². The van der Waals surface area contributed by atoms with Crippen molar-refractivity contribution in [2.75, 3.05) is 0 Å². The van der Waals surface area contributed by atoms with E-state index >= 15 is 0 Å². The van der Waals surface area contributed by atoms with Crippen LogP contribution in [0.5, 0.6) is 0 Å². The smallest absolute Gasteiger partial charge is 0.279 e. The van der Waals surface area contributed by atoms with Crippen molar-refractivity contribution in [1.29, 1.82) is 5.26 Å². The lowest BCUT2D eigenvalue weighted by atomic mass is 9.58. The predicted molar refractivity (Wildman–Crippen MR) is 109 cm³/mol. The van der Waals surface area contributed by atoms with Crippen molar-refractivity contribution in [2.45, 2.75) is 25.2 Å².